The molecule has 0 amide bonds. The standard InChI is InChI=1S/C8H7N5/c9-3-1-2-7-4-10-8-11-6-12-13(8)5-7/h4-6H,1-2H2. The lowest BCUT2D eigenvalue weighted by molar-refractivity contribution is 0.893. The molecule has 0 aliphatic carbocycles. The van der Waals surface area contributed by atoms with Gasteiger partial charge in [0.15, 0.2) is 0 Å². The molecule has 0 N–H and O–H groups in total. The quantitative estimate of drug-likeness (QED) is 0.666. The first-order valence-corrected chi connectivity index (χ1v) is 3.91. The molecule has 0 saturated heterocycles. The highest BCUT2D eigenvalue weighted by Gasteiger charge is 1.98. The second-order valence-corrected chi connectivity index (χ2v) is 2.62. The van der Waals surface area contributed by atoms with Gasteiger partial charge in [0.1, 0.15) is 6.33 Å². The van der Waals surface area contributed by atoms with Crippen LogP contribution in [0.1, 0.15) is 12.0 Å². The van der Waals surface area contributed by atoms with Crippen LogP contribution in [0.4, 0.5) is 0 Å². The monoisotopic (exact) mass is 173 g/mol. The van der Waals surface area contributed by atoms with Gasteiger partial charge in [0, 0.05) is 18.8 Å². The number of aromatic nitrogens is 4. The highest BCUT2D eigenvalue weighted by molar-refractivity contribution is 5.25. The van der Waals surface area contributed by atoms with Crippen molar-refractivity contribution in [3.63, 3.8) is 0 Å². The topological polar surface area (TPSA) is 66.9 Å². The maximum absolute atomic E-state index is 8.40. The van der Waals surface area contributed by atoms with Gasteiger partial charge in [-0.1, -0.05) is 0 Å². The fourth-order valence-corrected chi connectivity index (χ4v) is 1.09. The number of nitriles is 1. The average Bonchev–Trinajstić information content (AvgIpc) is 2.61. The lowest BCUT2D eigenvalue weighted by Gasteiger charge is -1.95. The smallest absolute Gasteiger partial charge is 0.219 e. The van der Waals surface area contributed by atoms with Gasteiger partial charge in [0.2, 0.25) is 0 Å². The molecule has 0 saturated carbocycles. The van der Waals surface area contributed by atoms with E-state index in [1.54, 1.807) is 10.7 Å². The number of fused-ring (bicyclic) bond motifs is 1. The second-order valence-electron chi connectivity index (χ2n) is 2.62. The number of hydrogen-bond acceptors (Lipinski definition) is 4. The van der Waals surface area contributed by atoms with Crippen molar-refractivity contribution in [2.45, 2.75) is 12.8 Å². The SMILES string of the molecule is N#CCCc1cnc2ncnn2c1. The Morgan fingerprint density at radius 1 is 1.46 bits per heavy atom. The van der Waals surface area contributed by atoms with Crippen LogP contribution < -0.4 is 0 Å². The van der Waals surface area contributed by atoms with Crippen molar-refractivity contribution in [2.75, 3.05) is 0 Å². The molecular formula is C8H7N5. The lowest BCUT2D eigenvalue weighted by Crippen LogP contribution is -1.94. The van der Waals surface area contributed by atoms with E-state index in [1.165, 1.54) is 6.33 Å². The molecule has 0 aliphatic heterocycles. The molecule has 64 valence electrons. The van der Waals surface area contributed by atoms with Gasteiger partial charge in [0.25, 0.3) is 5.78 Å². The number of nitrogens with zero attached hydrogens (tertiary/aromatic N) is 5. The molecule has 0 bridgehead atoms. The Hall–Kier alpha value is -1.96. The minimum Gasteiger partial charge on any atom is -0.219 e. The van der Waals surface area contributed by atoms with Crippen LogP contribution in [0, 0.1) is 11.3 Å². The number of aryl methyl sites for hydroxylation is 1. The van der Waals surface area contributed by atoms with Crippen LogP contribution in [0.25, 0.3) is 5.78 Å². The van der Waals surface area contributed by atoms with Crippen molar-refractivity contribution in [1.29, 1.82) is 5.26 Å². The zero-order valence-corrected chi connectivity index (χ0v) is 6.88. The first kappa shape index (κ1) is 7.68. The van der Waals surface area contributed by atoms with Gasteiger partial charge in [-0.05, 0) is 12.0 Å². The molecule has 2 heterocycles. The Labute approximate surface area is 74.7 Å². The predicted molar refractivity (Wildman–Crippen MR) is 44.7 cm³/mol. The molecule has 0 unspecified atom stereocenters. The van der Waals surface area contributed by atoms with Crippen molar-refractivity contribution in [1.82, 2.24) is 19.6 Å². The molecule has 0 atom stereocenters. The summed E-state index contributed by atoms with van der Waals surface area (Å²) in [5.74, 6) is 0.584. The molecule has 0 radical (unpaired) electrons. The Balaban J connectivity index is 2.33. The molecule has 2 aromatic rings. The van der Waals surface area contributed by atoms with Gasteiger partial charge < -0.3 is 0 Å². The first-order valence-electron chi connectivity index (χ1n) is 3.91. The Bertz CT molecular complexity index is 453. The average molecular weight is 173 g/mol. The van der Waals surface area contributed by atoms with Crippen molar-refractivity contribution < 1.29 is 0 Å². The Kier molecular flexibility index (Phi) is 1.88. The van der Waals surface area contributed by atoms with E-state index in [1.807, 2.05) is 6.20 Å². The van der Waals surface area contributed by atoms with Crippen LogP contribution in [-0.2, 0) is 6.42 Å². The summed E-state index contributed by atoms with van der Waals surface area (Å²) < 4.78 is 1.60. The Morgan fingerprint density at radius 2 is 2.38 bits per heavy atom. The molecule has 0 aliphatic rings. The third kappa shape index (κ3) is 1.47. The fourth-order valence-electron chi connectivity index (χ4n) is 1.09. The summed E-state index contributed by atoms with van der Waals surface area (Å²) in [4.78, 5) is 7.99. The van der Waals surface area contributed by atoms with Crippen LogP contribution in [0.15, 0.2) is 18.7 Å². The zero-order chi connectivity index (χ0) is 9.10. The third-order valence-electron chi connectivity index (χ3n) is 1.71. The van der Waals surface area contributed by atoms with Crippen molar-refractivity contribution in [3.8, 4) is 6.07 Å². The summed E-state index contributed by atoms with van der Waals surface area (Å²) in [5.41, 5.74) is 1.000. The lowest BCUT2D eigenvalue weighted by atomic mass is 10.2. The van der Waals surface area contributed by atoms with E-state index >= 15 is 0 Å². The van der Waals surface area contributed by atoms with Gasteiger partial charge in [-0.15, -0.1) is 0 Å². The molecule has 2 rings (SSSR count). The molecule has 0 fully saturated rings. The molecule has 13 heavy (non-hydrogen) atoms. The fraction of sp³-hybridized carbons (Fsp3) is 0.250. The van der Waals surface area contributed by atoms with Crippen LogP contribution >= 0.6 is 0 Å². The van der Waals surface area contributed by atoms with E-state index in [0.29, 0.717) is 18.6 Å². The second kappa shape index (κ2) is 3.19. The molecular weight excluding hydrogens is 166 g/mol. The van der Waals surface area contributed by atoms with E-state index < -0.39 is 0 Å². The zero-order valence-electron chi connectivity index (χ0n) is 6.88. The summed E-state index contributed by atoms with van der Waals surface area (Å²) in [6.45, 7) is 0. The summed E-state index contributed by atoms with van der Waals surface area (Å²) >= 11 is 0. The Morgan fingerprint density at radius 3 is 3.23 bits per heavy atom. The van der Waals surface area contributed by atoms with E-state index in [2.05, 4.69) is 21.1 Å². The van der Waals surface area contributed by atoms with E-state index in [-0.39, 0.29) is 0 Å². The molecule has 0 spiro atoms. The maximum atomic E-state index is 8.40. The molecule has 5 nitrogen and oxygen atoms in total. The van der Waals surface area contributed by atoms with Gasteiger partial charge in [-0.2, -0.15) is 15.3 Å². The summed E-state index contributed by atoms with van der Waals surface area (Å²) in [5, 5.41) is 12.3. The van der Waals surface area contributed by atoms with Gasteiger partial charge in [-0.3, -0.25) is 0 Å². The maximum Gasteiger partial charge on any atom is 0.252 e. The summed E-state index contributed by atoms with van der Waals surface area (Å²) in [7, 11) is 0. The van der Waals surface area contributed by atoms with Gasteiger partial charge in [0.05, 0.1) is 6.07 Å². The van der Waals surface area contributed by atoms with E-state index in [4.69, 9.17) is 5.26 Å². The van der Waals surface area contributed by atoms with Gasteiger partial charge in [-0.25, -0.2) is 9.50 Å². The molecule has 2 aromatic heterocycles. The van der Waals surface area contributed by atoms with Crippen molar-refractivity contribution in [3.05, 3.63) is 24.3 Å². The highest BCUT2D eigenvalue weighted by atomic mass is 15.3. The predicted octanol–water partition coefficient (Wildman–Crippen LogP) is 0.580. The van der Waals surface area contributed by atoms with Gasteiger partial charge >= 0.3 is 0 Å². The van der Waals surface area contributed by atoms with Crippen LogP contribution in [0.2, 0.25) is 0 Å². The highest BCUT2D eigenvalue weighted by Crippen LogP contribution is 2.01. The number of rotatable bonds is 2. The minimum atomic E-state index is 0.502. The summed E-state index contributed by atoms with van der Waals surface area (Å²) in [6, 6.07) is 2.08. The minimum absolute atomic E-state index is 0.502. The number of hydrogen-bond donors (Lipinski definition) is 0. The van der Waals surface area contributed by atoms with E-state index in [0.717, 1.165) is 5.56 Å². The van der Waals surface area contributed by atoms with Crippen LogP contribution in [-0.4, -0.2) is 19.6 Å². The molecule has 5 heteroatoms. The van der Waals surface area contributed by atoms with E-state index in [9.17, 15) is 0 Å². The summed E-state index contributed by atoms with van der Waals surface area (Å²) in [6.07, 6.45) is 6.23. The van der Waals surface area contributed by atoms with Crippen LogP contribution in [0.5, 0.6) is 0 Å². The van der Waals surface area contributed by atoms with Crippen molar-refractivity contribution in [2.24, 2.45) is 0 Å². The van der Waals surface area contributed by atoms with Crippen LogP contribution in [0.3, 0.4) is 0 Å². The first-order chi connectivity index (χ1) is 6.40. The normalized spacial score (nSPS) is 10.1. The third-order valence-corrected chi connectivity index (χ3v) is 1.71. The van der Waals surface area contributed by atoms with Crippen molar-refractivity contribution >= 4 is 5.78 Å². The largest absolute Gasteiger partial charge is 0.252 e. The molecule has 0 aromatic carbocycles.